The van der Waals surface area contributed by atoms with Crippen LogP contribution in [0.4, 0.5) is 11.6 Å². The minimum absolute atomic E-state index is 0.0708. The number of carbonyl (C=O) groups is 1. The first-order valence-corrected chi connectivity index (χ1v) is 15.3. The highest BCUT2D eigenvalue weighted by Crippen LogP contribution is 2.39. The highest BCUT2D eigenvalue weighted by molar-refractivity contribution is 7.91. The van der Waals surface area contributed by atoms with Crippen molar-refractivity contribution in [3.63, 3.8) is 0 Å². The van der Waals surface area contributed by atoms with E-state index in [0.29, 0.717) is 24.1 Å². The number of nitrogens with zero attached hydrogens (tertiary/aromatic N) is 5. The van der Waals surface area contributed by atoms with E-state index in [1.165, 1.54) is 44.0 Å². The van der Waals surface area contributed by atoms with Crippen LogP contribution in [0.15, 0.2) is 40.4 Å². The predicted octanol–water partition coefficient (Wildman–Crippen LogP) is 3.74. The van der Waals surface area contributed by atoms with Crippen LogP contribution in [0.25, 0.3) is 0 Å². The van der Waals surface area contributed by atoms with E-state index in [1.807, 2.05) is 11.0 Å². The van der Waals surface area contributed by atoms with Crippen molar-refractivity contribution in [3.05, 3.63) is 36.0 Å². The molecule has 2 N–H and O–H groups in total. The van der Waals surface area contributed by atoms with E-state index in [0.717, 1.165) is 39.1 Å². The summed E-state index contributed by atoms with van der Waals surface area (Å²) in [6, 6.07) is 6.40. The molecule has 1 atom stereocenters. The second-order valence-electron chi connectivity index (χ2n) is 11.3. The fourth-order valence-corrected chi connectivity index (χ4v) is 7.26. The molecule has 10 heteroatoms. The van der Waals surface area contributed by atoms with Gasteiger partial charge in [-0.05, 0) is 57.4 Å². The second kappa shape index (κ2) is 11.6. The van der Waals surface area contributed by atoms with Crippen molar-refractivity contribution in [2.24, 2.45) is 11.7 Å². The van der Waals surface area contributed by atoms with Gasteiger partial charge in [-0.3, -0.25) is 9.69 Å². The summed E-state index contributed by atoms with van der Waals surface area (Å²) in [5.41, 5.74) is 5.44. The molecular formula is C28H42N6O3S. The molecule has 1 unspecified atom stereocenters. The van der Waals surface area contributed by atoms with Crippen molar-refractivity contribution in [1.29, 1.82) is 0 Å². The molecule has 9 nitrogen and oxygen atoms in total. The smallest absolute Gasteiger partial charge is 0.253 e. The number of hydrogen-bond donors (Lipinski definition) is 1. The van der Waals surface area contributed by atoms with Gasteiger partial charge in [-0.15, -0.1) is 0 Å². The van der Waals surface area contributed by atoms with Crippen molar-refractivity contribution in [2.45, 2.75) is 75.3 Å². The van der Waals surface area contributed by atoms with Crippen LogP contribution in [0, 0.1) is 5.92 Å². The molecule has 0 bridgehead atoms. The summed E-state index contributed by atoms with van der Waals surface area (Å²) in [5.74, 6) is 0.511. The molecule has 1 amide bonds. The average molecular weight is 543 g/mol. The van der Waals surface area contributed by atoms with Crippen molar-refractivity contribution >= 4 is 27.4 Å². The summed E-state index contributed by atoms with van der Waals surface area (Å²) in [6.45, 7) is 13.7. The van der Waals surface area contributed by atoms with Crippen LogP contribution in [0.2, 0.25) is 0 Å². The minimum atomic E-state index is -4.12. The number of hydrogen-bond acceptors (Lipinski definition) is 8. The molecule has 4 heterocycles. The number of anilines is 2. The van der Waals surface area contributed by atoms with Crippen LogP contribution in [-0.2, 0) is 9.84 Å². The molecule has 0 radical (unpaired) electrons. The predicted molar refractivity (Wildman–Crippen MR) is 150 cm³/mol. The zero-order chi connectivity index (χ0) is 27.5. The average Bonchev–Trinajstić information content (AvgIpc) is 3.18. The lowest BCUT2D eigenvalue weighted by molar-refractivity contribution is 0.0997. The summed E-state index contributed by atoms with van der Waals surface area (Å²) in [7, 11) is -4.12. The standard InChI is InChI=1S/C28H42N6O3S/c1-5-6-7-8-14-32-15-17-33(18-16-32)23-10-9-11-24(31-23)38(36,37)22-12-13-30-27(25(22)26(29)35)34-20-21(2)19-28(34,3)4/h9-13,21H,5-8,14-20H2,1-4H3,(H2,29,35). The van der Waals surface area contributed by atoms with Gasteiger partial charge in [0.1, 0.15) is 17.2 Å². The molecule has 38 heavy (non-hydrogen) atoms. The molecule has 2 aromatic rings. The van der Waals surface area contributed by atoms with Gasteiger partial charge in [0, 0.05) is 44.5 Å². The number of amides is 1. The fraction of sp³-hybridized carbons (Fsp3) is 0.607. The largest absolute Gasteiger partial charge is 0.365 e. The van der Waals surface area contributed by atoms with Crippen LogP contribution in [0.1, 0.15) is 70.2 Å². The van der Waals surface area contributed by atoms with Crippen molar-refractivity contribution in [2.75, 3.05) is 49.1 Å². The van der Waals surface area contributed by atoms with Gasteiger partial charge in [0.15, 0.2) is 5.03 Å². The highest BCUT2D eigenvalue weighted by Gasteiger charge is 2.40. The molecule has 0 saturated carbocycles. The highest BCUT2D eigenvalue weighted by atomic mass is 32.2. The molecule has 0 spiro atoms. The molecule has 0 aromatic carbocycles. The summed E-state index contributed by atoms with van der Waals surface area (Å²) in [6.07, 6.45) is 7.32. The Hall–Kier alpha value is -2.72. The number of aromatic nitrogens is 2. The first-order valence-electron chi connectivity index (χ1n) is 13.8. The third-order valence-electron chi connectivity index (χ3n) is 7.77. The maximum atomic E-state index is 13.9. The summed E-state index contributed by atoms with van der Waals surface area (Å²) in [4.78, 5) is 28.1. The maximum absolute atomic E-state index is 13.9. The van der Waals surface area contributed by atoms with Gasteiger partial charge in [-0.2, -0.15) is 0 Å². The first kappa shape index (κ1) is 28.3. The van der Waals surface area contributed by atoms with Gasteiger partial charge >= 0.3 is 0 Å². The zero-order valence-electron chi connectivity index (χ0n) is 23.2. The van der Waals surface area contributed by atoms with E-state index in [1.54, 1.807) is 6.07 Å². The molecule has 2 aliphatic rings. The summed E-state index contributed by atoms with van der Waals surface area (Å²) in [5, 5.41) is -0.0919. The third-order valence-corrected chi connectivity index (χ3v) is 9.46. The lowest BCUT2D eigenvalue weighted by Gasteiger charge is -2.35. The number of pyridine rings is 2. The molecular weight excluding hydrogens is 500 g/mol. The molecule has 2 fully saturated rings. The molecule has 2 aliphatic heterocycles. The van der Waals surface area contributed by atoms with Gasteiger partial charge in [0.2, 0.25) is 9.84 Å². The SMILES string of the molecule is CCCCCCN1CCN(c2cccc(S(=O)(=O)c3ccnc(N4CC(C)CC4(C)C)c3C(N)=O)n2)CC1. The first-order chi connectivity index (χ1) is 18.0. The Labute approximate surface area is 227 Å². The van der Waals surface area contributed by atoms with Crippen LogP contribution < -0.4 is 15.5 Å². The number of primary amides is 1. The number of unbranched alkanes of at least 4 members (excludes halogenated alkanes) is 3. The summed E-state index contributed by atoms with van der Waals surface area (Å²) < 4.78 is 27.7. The number of carbonyl (C=O) groups excluding carboxylic acids is 1. The van der Waals surface area contributed by atoms with Gasteiger partial charge in [-0.1, -0.05) is 39.2 Å². The van der Waals surface area contributed by atoms with Gasteiger partial charge in [0.05, 0.1) is 4.90 Å². The number of piperazine rings is 1. The topological polar surface area (TPSA) is 113 Å². The number of rotatable bonds is 10. The van der Waals surface area contributed by atoms with E-state index >= 15 is 0 Å². The van der Waals surface area contributed by atoms with E-state index in [2.05, 4.69) is 47.5 Å². The molecule has 208 valence electrons. The number of sulfone groups is 1. The molecule has 2 aromatic heterocycles. The van der Waals surface area contributed by atoms with Crippen LogP contribution in [-0.4, -0.2) is 74.0 Å². The molecule has 0 aliphatic carbocycles. The lowest BCUT2D eigenvalue weighted by atomic mass is 9.97. The quantitative estimate of drug-likeness (QED) is 0.452. The van der Waals surface area contributed by atoms with Crippen LogP contribution in [0.5, 0.6) is 0 Å². The van der Waals surface area contributed by atoms with Crippen LogP contribution >= 0.6 is 0 Å². The Bertz CT molecular complexity index is 1240. The molecule has 4 rings (SSSR count). The monoisotopic (exact) mass is 542 g/mol. The van der Waals surface area contributed by atoms with Crippen LogP contribution in [0.3, 0.4) is 0 Å². The summed E-state index contributed by atoms with van der Waals surface area (Å²) >= 11 is 0. The Balaban J connectivity index is 1.59. The van der Waals surface area contributed by atoms with E-state index in [9.17, 15) is 13.2 Å². The van der Waals surface area contributed by atoms with Crippen molar-refractivity contribution < 1.29 is 13.2 Å². The lowest BCUT2D eigenvalue weighted by Crippen LogP contribution is -2.47. The van der Waals surface area contributed by atoms with E-state index in [4.69, 9.17) is 5.73 Å². The fourth-order valence-electron chi connectivity index (χ4n) is 5.86. The van der Waals surface area contributed by atoms with E-state index in [-0.39, 0.29) is 21.0 Å². The Morgan fingerprint density at radius 3 is 2.47 bits per heavy atom. The van der Waals surface area contributed by atoms with E-state index < -0.39 is 15.7 Å². The third kappa shape index (κ3) is 5.96. The minimum Gasteiger partial charge on any atom is -0.365 e. The van der Waals surface area contributed by atoms with Crippen molar-refractivity contribution in [1.82, 2.24) is 14.9 Å². The Kier molecular flexibility index (Phi) is 8.62. The zero-order valence-corrected chi connectivity index (χ0v) is 24.0. The van der Waals surface area contributed by atoms with Gasteiger partial charge < -0.3 is 15.5 Å². The normalized spacial score (nSPS) is 20.2. The van der Waals surface area contributed by atoms with Crippen molar-refractivity contribution in [3.8, 4) is 0 Å². The second-order valence-corrected chi connectivity index (χ2v) is 13.2. The maximum Gasteiger partial charge on any atom is 0.253 e. The molecule has 2 saturated heterocycles. The van der Waals surface area contributed by atoms with Gasteiger partial charge in [-0.25, -0.2) is 18.4 Å². The number of nitrogens with two attached hydrogens (primary N) is 1. The van der Waals surface area contributed by atoms with Gasteiger partial charge in [0.25, 0.3) is 5.91 Å². The Morgan fingerprint density at radius 1 is 1.11 bits per heavy atom. The Morgan fingerprint density at radius 2 is 1.84 bits per heavy atom.